The van der Waals surface area contributed by atoms with E-state index in [1.165, 1.54) is 44.3 Å². The fourth-order valence-corrected chi connectivity index (χ4v) is 3.62. The smallest absolute Gasteiger partial charge is 0.237 e. The van der Waals surface area contributed by atoms with Crippen LogP contribution in [0.15, 0.2) is 24.3 Å². The highest BCUT2D eigenvalue weighted by Gasteiger charge is 2.27. The summed E-state index contributed by atoms with van der Waals surface area (Å²) in [7, 11) is 0. The summed E-state index contributed by atoms with van der Waals surface area (Å²) < 4.78 is 0. The van der Waals surface area contributed by atoms with Gasteiger partial charge >= 0.3 is 0 Å². The van der Waals surface area contributed by atoms with Crippen molar-refractivity contribution in [3.05, 3.63) is 35.4 Å². The van der Waals surface area contributed by atoms with E-state index in [1.54, 1.807) is 0 Å². The molecule has 132 valence electrons. The summed E-state index contributed by atoms with van der Waals surface area (Å²) >= 11 is 0. The van der Waals surface area contributed by atoms with Crippen LogP contribution in [-0.2, 0) is 17.9 Å². The summed E-state index contributed by atoms with van der Waals surface area (Å²) in [5, 5.41) is 15.5. The first-order valence-electron chi connectivity index (χ1n) is 9.20. The summed E-state index contributed by atoms with van der Waals surface area (Å²) in [6, 6.07) is 8.24. The van der Waals surface area contributed by atoms with Gasteiger partial charge in [-0.25, -0.2) is 0 Å². The van der Waals surface area contributed by atoms with E-state index in [4.69, 9.17) is 0 Å². The lowest BCUT2D eigenvalue weighted by Crippen LogP contribution is -2.40. The second kappa shape index (κ2) is 8.60. The van der Waals surface area contributed by atoms with Crippen LogP contribution >= 0.6 is 0 Å². The number of carbonyl (C=O) groups excluding carboxylic acids is 1. The molecule has 0 spiro atoms. The number of carbonyl (C=O) groups is 1. The van der Waals surface area contributed by atoms with Crippen molar-refractivity contribution in [3.8, 4) is 0 Å². The minimum Gasteiger partial charge on any atom is -0.392 e. The van der Waals surface area contributed by atoms with E-state index < -0.39 is 6.10 Å². The van der Waals surface area contributed by atoms with Crippen molar-refractivity contribution in [2.45, 2.75) is 57.3 Å². The van der Waals surface area contributed by atoms with Gasteiger partial charge in [0.25, 0.3) is 0 Å². The molecule has 2 atom stereocenters. The Bertz CT molecular complexity index is 541. The molecule has 2 aliphatic rings. The lowest BCUT2D eigenvalue weighted by atomic mass is 10.1. The first-order valence-corrected chi connectivity index (χ1v) is 9.20. The molecule has 3 N–H and O–H groups in total. The molecule has 2 aliphatic heterocycles. The largest absolute Gasteiger partial charge is 0.392 e. The minimum atomic E-state index is -0.405. The Kier molecular flexibility index (Phi) is 6.24. The Balaban J connectivity index is 1.50. The van der Waals surface area contributed by atoms with Crippen LogP contribution in [0, 0.1) is 0 Å². The van der Waals surface area contributed by atoms with E-state index in [1.807, 2.05) is 0 Å². The van der Waals surface area contributed by atoms with Gasteiger partial charge in [-0.2, -0.15) is 0 Å². The second-order valence-electron chi connectivity index (χ2n) is 7.08. The molecule has 0 bridgehead atoms. The zero-order valence-corrected chi connectivity index (χ0v) is 14.3. The Morgan fingerprint density at radius 2 is 1.96 bits per heavy atom. The van der Waals surface area contributed by atoms with Crippen molar-refractivity contribution in [3.63, 3.8) is 0 Å². The number of aliphatic hydroxyl groups is 1. The molecule has 0 aromatic heterocycles. The molecule has 2 fully saturated rings. The molecule has 24 heavy (non-hydrogen) atoms. The standard InChI is InChI=1S/C19H29N3O2/c23-17-11-18(20-13-17)19(24)21-12-15-6-5-7-16(10-15)14-22-8-3-1-2-4-9-22/h5-7,10,17-18,20,23H,1-4,8-9,11-14H2,(H,21,24). The van der Waals surface area contributed by atoms with E-state index in [-0.39, 0.29) is 11.9 Å². The van der Waals surface area contributed by atoms with E-state index >= 15 is 0 Å². The molecular formula is C19H29N3O2. The molecule has 5 nitrogen and oxygen atoms in total. The highest BCUT2D eigenvalue weighted by molar-refractivity contribution is 5.82. The number of amides is 1. The third kappa shape index (κ3) is 5.03. The van der Waals surface area contributed by atoms with Crippen molar-refractivity contribution in [2.24, 2.45) is 0 Å². The highest BCUT2D eigenvalue weighted by Crippen LogP contribution is 2.14. The Morgan fingerprint density at radius 1 is 1.21 bits per heavy atom. The zero-order valence-electron chi connectivity index (χ0n) is 14.3. The molecule has 2 saturated heterocycles. The normalized spacial score (nSPS) is 25.4. The van der Waals surface area contributed by atoms with Gasteiger partial charge in [0.2, 0.25) is 5.91 Å². The zero-order chi connectivity index (χ0) is 16.8. The number of benzene rings is 1. The Labute approximate surface area is 144 Å². The number of likely N-dealkylation sites (tertiary alicyclic amines) is 1. The van der Waals surface area contributed by atoms with Crippen molar-refractivity contribution in [2.75, 3.05) is 19.6 Å². The van der Waals surface area contributed by atoms with Crippen LogP contribution in [0.2, 0.25) is 0 Å². The van der Waals surface area contributed by atoms with Crippen molar-refractivity contribution < 1.29 is 9.90 Å². The van der Waals surface area contributed by atoms with Crippen LogP contribution in [0.25, 0.3) is 0 Å². The fraction of sp³-hybridized carbons (Fsp3) is 0.632. The molecule has 3 rings (SSSR count). The molecule has 1 amide bonds. The highest BCUT2D eigenvalue weighted by atomic mass is 16.3. The van der Waals surface area contributed by atoms with Gasteiger partial charge in [0.15, 0.2) is 0 Å². The second-order valence-corrected chi connectivity index (χ2v) is 7.08. The lowest BCUT2D eigenvalue weighted by Gasteiger charge is -2.20. The monoisotopic (exact) mass is 331 g/mol. The van der Waals surface area contributed by atoms with Crippen LogP contribution in [0.5, 0.6) is 0 Å². The lowest BCUT2D eigenvalue weighted by molar-refractivity contribution is -0.123. The van der Waals surface area contributed by atoms with Crippen molar-refractivity contribution in [1.82, 2.24) is 15.5 Å². The quantitative estimate of drug-likeness (QED) is 0.763. The first-order chi connectivity index (χ1) is 11.7. The van der Waals surface area contributed by atoms with Crippen LogP contribution in [0.4, 0.5) is 0 Å². The average molecular weight is 331 g/mol. The summed E-state index contributed by atoms with van der Waals surface area (Å²) in [5.74, 6) is -0.0236. The van der Waals surface area contributed by atoms with Crippen LogP contribution in [0.1, 0.15) is 43.2 Å². The molecule has 0 aliphatic carbocycles. The third-order valence-corrected chi connectivity index (χ3v) is 4.99. The van der Waals surface area contributed by atoms with Crippen LogP contribution in [0.3, 0.4) is 0 Å². The van der Waals surface area contributed by atoms with Crippen molar-refractivity contribution >= 4 is 5.91 Å². The number of aliphatic hydroxyl groups excluding tert-OH is 1. The summed E-state index contributed by atoms with van der Waals surface area (Å²) in [6.07, 6.45) is 5.41. The maximum atomic E-state index is 12.1. The maximum Gasteiger partial charge on any atom is 0.237 e. The van der Waals surface area contributed by atoms with Gasteiger partial charge in [0.1, 0.15) is 0 Å². The van der Waals surface area contributed by atoms with Crippen LogP contribution in [-0.4, -0.2) is 47.7 Å². The predicted octanol–water partition coefficient (Wildman–Crippen LogP) is 1.40. The maximum absolute atomic E-state index is 12.1. The number of hydrogen-bond donors (Lipinski definition) is 3. The summed E-state index contributed by atoms with van der Waals surface area (Å²) in [6.45, 7) is 4.43. The SMILES string of the molecule is O=C(NCc1cccc(CN2CCCCCC2)c1)C1CC(O)CN1. The van der Waals surface area contributed by atoms with Crippen LogP contribution < -0.4 is 10.6 Å². The van der Waals surface area contributed by atoms with E-state index in [2.05, 4.69) is 39.8 Å². The van der Waals surface area contributed by atoms with Gasteiger partial charge in [0, 0.05) is 19.6 Å². The molecular weight excluding hydrogens is 302 g/mol. The molecule has 1 aromatic rings. The number of β-amino-alcohol motifs (C(OH)–C–C–N with tert-alkyl or cyclic N) is 1. The molecule has 2 unspecified atom stereocenters. The van der Waals surface area contributed by atoms with Gasteiger partial charge in [-0.1, -0.05) is 37.1 Å². The van der Waals surface area contributed by atoms with Gasteiger partial charge in [-0.15, -0.1) is 0 Å². The van der Waals surface area contributed by atoms with Crippen molar-refractivity contribution in [1.29, 1.82) is 0 Å². The predicted molar refractivity (Wildman–Crippen MR) is 94.4 cm³/mol. The number of nitrogens with one attached hydrogen (secondary N) is 2. The van der Waals surface area contributed by atoms with E-state index in [0.717, 1.165) is 12.1 Å². The number of hydrogen-bond acceptors (Lipinski definition) is 4. The van der Waals surface area contributed by atoms with E-state index in [9.17, 15) is 9.90 Å². The number of nitrogens with zero attached hydrogens (tertiary/aromatic N) is 1. The Morgan fingerprint density at radius 3 is 2.67 bits per heavy atom. The Hall–Kier alpha value is -1.43. The average Bonchev–Trinajstić information content (AvgIpc) is 2.86. The summed E-state index contributed by atoms with van der Waals surface area (Å²) in [5.41, 5.74) is 2.45. The molecule has 2 heterocycles. The minimum absolute atomic E-state index is 0.0236. The van der Waals surface area contributed by atoms with Gasteiger partial charge in [0.05, 0.1) is 12.1 Å². The van der Waals surface area contributed by atoms with E-state index in [0.29, 0.717) is 19.5 Å². The molecule has 0 radical (unpaired) electrons. The van der Waals surface area contributed by atoms with Gasteiger partial charge in [-0.05, 0) is 43.5 Å². The fourth-order valence-electron chi connectivity index (χ4n) is 3.62. The van der Waals surface area contributed by atoms with Gasteiger partial charge < -0.3 is 15.7 Å². The van der Waals surface area contributed by atoms with Gasteiger partial charge in [-0.3, -0.25) is 9.69 Å². The number of rotatable bonds is 5. The topological polar surface area (TPSA) is 64.6 Å². The first kappa shape index (κ1) is 17.4. The molecule has 1 aromatic carbocycles. The molecule has 0 saturated carbocycles. The summed E-state index contributed by atoms with van der Waals surface area (Å²) in [4.78, 5) is 14.6. The molecule has 5 heteroatoms. The third-order valence-electron chi connectivity index (χ3n) is 4.99.